The normalized spacial score (nSPS) is 22.5. The maximum Gasteiger partial charge on any atom is 0.0702 e. The minimum Gasteiger partial charge on any atom is -0.256 e. The van der Waals surface area contributed by atoms with E-state index in [1.165, 1.54) is 61.6 Å². The molecular formula is C26H35N. The van der Waals surface area contributed by atoms with Gasteiger partial charge in [0.25, 0.3) is 0 Å². The zero-order chi connectivity index (χ0) is 19.1. The van der Waals surface area contributed by atoms with Gasteiger partial charge in [-0.15, -0.1) is 6.58 Å². The summed E-state index contributed by atoms with van der Waals surface area (Å²) in [5.41, 5.74) is 5.00. The maximum atomic E-state index is 4.62. The average Bonchev–Trinajstić information content (AvgIpc) is 2.70. The molecule has 0 saturated heterocycles. The monoisotopic (exact) mass is 361 g/mol. The third-order valence-electron chi connectivity index (χ3n) is 6.41. The van der Waals surface area contributed by atoms with Crippen molar-refractivity contribution in [3.63, 3.8) is 0 Å². The molecule has 0 radical (unpaired) electrons. The minimum absolute atomic E-state index is 0.736. The second-order valence-corrected chi connectivity index (χ2v) is 8.41. The largest absolute Gasteiger partial charge is 0.256 e. The first-order valence-electron chi connectivity index (χ1n) is 10.9. The first-order chi connectivity index (χ1) is 13.2. The molecule has 0 spiro atoms. The lowest BCUT2D eigenvalue weighted by Gasteiger charge is -2.34. The molecule has 144 valence electrons. The number of pyridine rings is 1. The molecule has 1 aliphatic rings. The van der Waals surface area contributed by atoms with Crippen LogP contribution in [0.1, 0.15) is 75.8 Å². The molecule has 1 nitrogen and oxygen atoms in total. The maximum absolute atomic E-state index is 4.62. The number of aromatic nitrogens is 1. The fraction of sp³-hybridized carbons (Fsp3) is 0.500. The van der Waals surface area contributed by atoms with Crippen molar-refractivity contribution in [1.29, 1.82) is 0 Å². The lowest BCUT2D eigenvalue weighted by atomic mass is 9.71. The molecule has 1 aromatic carbocycles. The number of hydrogen-bond acceptors (Lipinski definition) is 1. The Bertz CT molecular complexity index is 698. The third kappa shape index (κ3) is 5.31. The van der Waals surface area contributed by atoms with E-state index in [-0.39, 0.29) is 0 Å². The van der Waals surface area contributed by atoms with Crippen molar-refractivity contribution in [3.8, 4) is 11.3 Å². The van der Waals surface area contributed by atoms with Gasteiger partial charge in [-0.05, 0) is 60.6 Å². The number of rotatable bonds is 8. The standard InChI is InChI=1S/C26H35N/c1-4-6-7-9-22-11-16-25(18-20(22)3)23-12-14-24(15-13-23)26-17-10-21(8-5-2)19-27-26/h5,10,12-15,17,19-20,22,25H,2,4,6-9,11,16,18H2,1,3H3. The lowest BCUT2D eigenvalue weighted by molar-refractivity contribution is 0.215. The summed E-state index contributed by atoms with van der Waals surface area (Å²) in [6.45, 7) is 8.57. The van der Waals surface area contributed by atoms with Crippen LogP contribution in [0.3, 0.4) is 0 Å². The highest BCUT2D eigenvalue weighted by Crippen LogP contribution is 2.41. The fourth-order valence-electron chi connectivity index (χ4n) is 4.66. The van der Waals surface area contributed by atoms with Crippen LogP contribution in [-0.2, 0) is 6.42 Å². The van der Waals surface area contributed by atoms with Gasteiger partial charge in [0.15, 0.2) is 0 Å². The highest BCUT2D eigenvalue weighted by Gasteiger charge is 2.27. The predicted molar refractivity (Wildman–Crippen MR) is 117 cm³/mol. The first-order valence-corrected chi connectivity index (χ1v) is 10.9. The van der Waals surface area contributed by atoms with Crippen molar-refractivity contribution in [1.82, 2.24) is 4.98 Å². The van der Waals surface area contributed by atoms with E-state index in [4.69, 9.17) is 0 Å². The molecule has 1 aliphatic carbocycles. The van der Waals surface area contributed by atoms with Gasteiger partial charge in [-0.3, -0.25) is 4.98 Å². The van der Waals surface area contributed by atoms with E-state index in [0.717, 1.165) is 29.9 Å². The molecule has 1 heterocycles. The Hall–Kier alpha value is -1.89. The Morgan fingerprint density at radius 1 is 1.07 bits per heavy atom. The van der Waals surface area contributed by atoms with Crippen LogP contribution in [0, 0.1) is 11.8 Å². The van der Waals surface area contributed by atoms with Gasteiger partial charge in [-0.1, -0.05) is 75.9 Å². The fourth-order valence-corrected chi connectivity index (χ4v) is 4.66. The molecule has 3 atom stereocenters. The molecule has 2 aromatic rings. The van der Waals surface area contributed by atoms with E-state index in [1.807, 2.05) is 12.3 Å². The van der Waals surface area contributed by atoms with Gasteiger partial charge in [0, 0.05) is 11.8 Å². The second kappa shape index (κ2) is 9.88. The van der Waals surface area contributed by atoms with Crippen LogP contribution in [-0.4, -0.2) is 4.98 Å². The van der Waals surface area contributed by atoms with Gasteiger partial charge in [-0.2, -0.15) is 0 Å². The highest BCUT2D eigenvalue weighted by molar-refractivity contribution is 5.59. The summed E-state index contributed by atoms with van der Waals surface area (Å²) in [4.78, 5) is 4.62. The Labute approximate surface area is 165 Å². The summed E-state index contributed by atoms with van der Waals surface area (Å²) in [6, 6.07) is 13.5. The van der Waals surface area contributed by atoms with Crippen LogP contribution in [0.25, 0.3) is 11.3 Å². The average molecular weight is 362 g/mol. The van der Waals surface area contributed by atoms with Crippen LogP contribution in [0.4, 0.5) is 0 Å². The summed E-state index contributed by atoms with van der Waals surface area (Å²) in [5, 5.41) is 0. The van der Waals surface area contributed by atoms with E-state index in [9.17, 15) is 0 Å². The molecule has 1 heteroatoms. The van der Waals surface area contributed by atoms with Gasteiger partial charge in [0.1, 0.15) is 0 Å². The first kappa shape index (κ1) is 19.9. The van der Waals surface area contributed by atoms with Crippen molar-refractivity contribution >= 4 is 0 Å². The van der Waals surface area contributed by atoms with Gasteiger partial charge < -0.3 is 0 Å². The van der Waals surface area contributed by atoms with Gasteiger partial charge in [-0.25, -0.2) is 0 Å². The zero-order valence-electron chi connectivity index (χ0n) is 17.2. The topological polar surface area (TPSA) is 12.9 Å². The molecule has 0 bridgehead atoms. The SMILES string of the molecule is C=CCc1ccc(-c2ccc(C3CCC(CCCCC)C(C)C3)cc2)nc1. The number of allylic oxidation sites excluding steroid dienone is 1. The minimum atomic E-state index is 0.736. The Morgan fingerprint density at radius 2 is 1.89 bits per heavy atom. The zero-order valence-corrected chi connectivity index (χ0v) is 17.2. The van der Waals surface area contributed by atoms with Crippen LogP contribution >= 0.6 is 0 Å². The van der Waals surface area contributed by atoms with Gasteiger partial charge in [0.2, 0.25) is 0 Å². The van der Waals surface area contributed by atoms with Crippen LogP contribution in [0.15, 0.2) is 55.3 Å². The smallest absolute Gasteiger partial charge is 0.0702 e. The molecule has 1 aromatic heterocycles. The predicted octanol–water partition coefficient (Wildman–Crippen LogP) is 7.58. The molecule has 27 heavy (non-hydrogen) atoms. The summed E-state index contributed by atoms with van der Waals surface area (Å²) in [7, 11) is 0. The molecule has 0 amide bonds. The highest BCUT2D eigenvalue weighted by atomic mass is 14.7. The van der Waals surface area contributed by atoms with Crippen LogP contribution in [0.5, 0.6) is 0 Å². The van der Waals surface area contributed by atoms with E-state index in [1.54, 1.807) is 0 Å². The summed E-state index contributed by atoms with van der Waals surface area (Å²) >= 11 is 0. The lowest BCUT2D eigenvalue weighted by Crippen LogP contribution is -2.22. The molecule has 0 N–H and O–H groups in total. The van der Waals surface area contributed by atoms with Gasteiger partial charge >= 0.3 is 0 Å². The third-order valence-corrected chi connectivity index (χ3v) is 6.41. The quantitative estimate of drug-likeness (QED) is 0.349. The Kier molecular flexibility index (Phi) is 7.26. The van der Waals surface area contributed by atoms with Gasteiger partial charge in [0.05, 0.1) is 5.69 Å². The van der Waals surface area contributed by atoms with Crippen LogP contribution < -0.4 is 0 Å². The van der Waals surface area contributed by atoms with Crippen molar-refractivity contribution in [3.05, 3.63) is 66.4 Å². The number of unbranched alkanes of at least 4 members (excludes halogenated alkanes) is 2. The van der Waals surface area contributed by atoms with Crippen LogP contribution in [0.2, 0.25) is 0 Å². The van der Waals surface area contributed by atoms with E-state index >= 15 is 0 Å². The number of hydrogen-bond donors (Lipinski definition) is 0. The van der Waals surface area contributed by atoms with E-state index < -0.39 is 0 Å². The number of benzene rings is 1. The molecule has 0 aliphatic heterocycles. The molecule has 3 unspecified atom stereocenters. The van der Waals surface area contributed by atoms with Crippen molar-refractivity contribution in [2.24, 2.45) is 11.8 Å². The van der Waals surface area contributed by atoms with E-state index in [2.05, 4.69) is 61.8 Å². The molecule has 1 saturated carbocycles. The van der Waals surface area contributed by atoms with Crippen molar-refractivity contribution in [2.75, 3.05) is 0 Å². The molecule has 3 rings (SSSR count). The molecule has 1 fully saturated rings. The van der Waals surface area contributed by atoms with Crippen molar-refractivity contribution in [2.45, 2.75) is 71.1 Å². The Morgan fingerprint density at radius 3 is 2.52 bits per heavy atom. The molecular weight excluding hydrogens is 326 g/mol. The van der Waals surface area contributed by atoms with E-state index in [0.29, 0.717) is 0 Å². The van der Waals surface area contributed by atoms with Crippen molar-refractivity contribution < 1.29 is 0 Å². The Balaban J connectivity index is 1.60. The summed E-state index contributed by atoms with van der Waals surface area (Å²) in [5.74, 6) is 2.55. The summed E-state index contributed by atoms with van der Waals surface area (Å²) in [6.07, 6.45) is 14.5. The number of nitrogens with zero attached hydrogens (tertiary/aromatic N) is 1. The summed E-state index contributed by atoms with van der Waals surface area (Å²) < 4.78 is 0. The second-order valence-electron chi connectivity index (χ2n) is 8.41.